The summed E-state index contributed by atoms with van der Waals surface area (Å²) in [6.45, 7) is 8.82. The van der Waals surface area contributed by atoms with Gasteiger partial charge in [-0.15, -0.1) is 11.3 Å². The highest BCUT2D eigenvalue weighted by molar-refractivity contribution is 7.15. The number of likely N-dealkylation sites (tertiary alicyclic amines) is 1. The minimum absolute atomic E-state index is 0.0745. The summed E-state index contributed by atoms with van der Waals surface area (Å²) < 4.78 is 0. The molecule has 7 heteroatoms. The molecule has 1 saturated heterocycles. The summed E-state index contributed by atoms with van der Waals surface area (Å²) in [6, 6.07) is 1.02. The van der Waals surface area contributed by atoms with E-state index in [1.807, 2.05) is 20.8 Å². The maximum atomic E-state index is 13.9. The predicted octanol–water partition coefficient (Wildman–Crippen LogP) is 5.01. The van der Waals surface area contributed by atoms with E-state index in [4.69, 9.17) is 0 Å². The van der Waals surface area contributed by atoms with Crippen molar-refractivity contribution in [2.75, 3.05) is 18.5 Å². The third kappa shape index (κ3) is 6.17. The molecule has 180 valence electrons. The van der Waals surface area contributed by atoms with Gasteiger partial charge in [0, 0.05) is 24.9 Å². The Bertz CT molecular complexity index is 957. The molecular formula is C26H36N2O4S. The molecule has 2 heterocycles. The number of rotatable bonds is 4. The highest BCUT2D eigenvalue weighted by atomic mass is 32.1. The van der Waals surface area contributed by atoms with Crippen molar-refractivity contribution in [3.63, 3.8) is 0 Å². The molecule has 6 nitrogen and oxygen atoms in total. The van der Waals surface area contributed by atoms with E-state index in [-0.39, 0.29) is 28.0 Å². The van der Waals surface area contributed by atoms with Crippen LogP contribution < -0.4 is 4.90 Å². The average Bonchev–Trinajstić information content (AvgIpc) is 3.10. The quantitative estimate of drug-likeness (QED) is 0.625. The molecule has 1 N–H and O–H groups in total. The molecule has 2 amide bonds. The van der Waals surface area contributed by atoms with Crippen LogP contribution in [0.25, 0.3) is 0 Å². The summed E-state index contributed by atoms with van der Waals surface area (Å²) in [5.74, 6) is 5.30. The molecule has 33 heavy (non-hydrogen) atoms. The number of carbonyl (C=O) groups is 3. The normalized spacial score (nSPS) is 24.0. The Morgan fingerprint density at radius 1 is 1.15 bits per heavy atom. The molecule has 1 aromatic heterocycles. The van der Waals surface area contributed by atoms with Crippen LogP contribution in [0, 0.1) is 29.1 Å². The SMILES string of the molecule is CC1CCC(C(=O)N(c2cc(C#CC(C)(C)C)sc2C(=O)O)C2CCCCN(C)C2=O)CC1. The number of thiophene rings is 1. The zero-order valence-electron chi connectivity index (χ0n) is 20.4. The maximum Gasteiger partial charge on any atom is 0.348 e. The van der Waals surface area contributed by atoms with Crippen molar-refractivity contribution in [1.29, 1.82) is 0 Å². The molecule has 1 aromatic rings. The van der Waals surface area contributed by atoms with E-state index in [0.29, 0.717) is 29.4 Å². The van der Waals surface area contributed by atoms with Gasteiger partial charge in [-0.05, 0) is 77.7 Å². The van der Waals surface area contributed by atoms with Gasteiger partial charge in [0.15, 0.2) is 0 Å². The molecule has 0 spiro atoms. The van der Waals surface area contributed by atoms with Crippen LogP contribution in [0.4, 0.5) is 5.69 Å². The molecule has 1 aliphatic heterocycles. The zero-order chi connectivity index (χ0) is 24.3. The monoisotopic (exact) mass is 472 g/mol. The van der Waals surface area contributed by atoms with Crippen LogP contribution >= 0.6 is 11.3 Å². The van der Waals surface area contributed by atoms with E-state index in [2.05, 4.69) is 18.8 Å². The minimum Gasteiger partial charge on any atom is -0.477 e. The van der Waals surface area contributed by atoms with Crippen LogP contribution in [-0.2, 0) is 9.59 Å². The van der Waals surface area contributed by atoms with Crippen molar-refractivity contribution < 1.29 is 19.5 Å². The molecular weight excluding hydrogens is 436 g/mol. The van der Waals surface area contributed by atoms with E-state index in [0.717, 1.165) is 49.9 Å². The first-order chi connectivity index (χ1) is 15.5. The van der Waals surface area contributed by atoms with Crippen molar-refractivity contribution in [2.24, 2.45) is 17.3 Å². The van der Waals surface area contributed by atoms with Crippen molar-refractivity contribution in [3.8, 4) is 11.8 Å². The van der Waals surface area contributed by atoms with Gasteiger partial charge in [-0.3, -0.25) is 14.5 Å². The van der Waals surface area contributed by atoms with E-state index in [9.17, 15) is 19.5 Å². The van der Waals surface area contributed by atoms with Gasteiger partial charge in [-0.2, -0.15) is 0 Å². The molecule has 1 saturated carbocycles. The summed E-state index contributed by atoms with van der Waals surface area (Å²) in [4.78, 5) is 43.3. The van der Waals surface area contributed by atoms with Gasteiger partial charge in [0.25, 0.3) is 0 Å². The van der Waals surface area contributed by atoms with Gasteiger partial charge in [0.05, 0.1) is 10.6 Å². The summed E-state index contributed by atoms with van der Waals surface area (Å²) >= 11 is 1.08. The predicted molar refractivity (Wildman–Crippen MR) is 131 cm³/mol. The fourth-order valence-corrected chi connectivity index (χ4v) is 5.42. The Morgan fingerprint density at radius 3 is 2.42 bits per heavy atom. The zero-order valence-corrected chi connectivity index (χ0v) is 21.3. The van der Waals surface area contributed by atoms with Gasteiger partial charge in [-0.1, -0.05) is 18.8 Å². The third-order valence-electron chi connectivity index (χ3n) is 6.52. The number of hydrogen-bond donors (Lipinski definition) is 1. The first kappa shape index (κ1) is 25.3. The van der Waals surface area contributed by atoms with E-state index < -0.39 is 12.0 Å². The first-order valence-corrected chi connectivity index (χ1v) is 12.8. The largest absolute Gasteiger partial charge is 0.477 e. The van der Waals surface area contributed by atoms with Crippen molar-refractivity contribution >= 4 is 34.8 Å². The van der Waals surface area contributed by atoms with E-state index >= 15 is 0 Å². The van der Waals surface area contributed by atoms with Gasteiger partial charge >= 0.3 is 5.97 Å². The number of carbonyl (C=O) groups excluding carboxylic acids is 2. The average molecular weight is 473 g/mol. The third-order valence-corrected chi connectivity index (χ3v) is 7.55. The van der Waals surface area contributed by atoms with Crippen LogP contribution in [0.2, 0.25) is 0 Å². The molecule has 0 bridgehead atoms. The van der Waals surface area contributed by atoms with Crippen molar-refractivity contribution in [1.82, 2.24) is 4.90 Å². The van der Waals surface area contributed by atoms with Crippen molar-refractivity contribution in [2.45, 2.75) is 78.7 Å². The summed E-state index contributed by atoms with van der Waals surface area (Å²) in [6.07, 6.45) is 5.72. The summed E-state index contributed by atoms with van der Waals surface area (Å²) in [5.41, 5.74) is 0.0879. The Morgan fingerprint density at radius 2 is 1.82 bits per heavy atom. The van der Waals surface area contributed by atoms with Gasteiger partial charge in [0.1, 0.15) is 10.9 Å². The molecule has 3 rings (SSSR count). The van der Waals surface area contributed by atoms with E-state index in [1.165, 1.54) is 4.90 Å². The standard InChI is InChI=1S/C26H36N2O4S/c1-17-9-11-18(12-10-17)23(29)28(20-8-6-7-15-27(5)24(20)30)21-16-19(13-14-26(2,3)4)33-22(21)25(31)32/h16-18,20H,6-12,15H2,1-5H3,(H,31,32). The number of hydrogen-bond acceptors (Lipinski definition) is 4. The van der Waals surface area contributed by atoms with Crippen LogP contribution in [0.3, 0.4) is 0 Å². The number of nitrogens with zero attached hydrogens (tertiary/aromatic N) is 2. The molecule has 0 radical (unpaired) electrons. The Labute approximate surface area is 201 Å². The molecule has 1 atom stereocenters. The lowest BCUT2D eigenvalue weighted by Gasteiger charge is -2.36. The lowest BCUT2D eigenvalue weighted by Crippen LogP contribution is -2.51. The smallest absolute Gasteiger partial charge is 0.348 e. The van der Waals surface area contributed by atoms with Crippen LogP contribution in [0.1, 0.15) is 87.2 Å². The highest BCUT2D eigenvalue weighted by Gasteiger charge is 2.40. The topological polar surface area (TPSA) is 77.9 Å². The van der Waals surface area contributed by atoms with Gasteiger partial charge in [-0.25, -0.2) is 4.79 Å². The molecule has 2 aliphatic rings. The lowest BCUT2D eigenvalue weighted by molar-refractivity contribution is -0.134. The number of amides is 2. The summed E-state index contributed by atoms with van der Waals surface area (Å²) in [7, 11) is 1.76. The highest BCUT2D eigenvalue weighted by Crippen LogP contribution is 2.37. The second-order valence-corrected chi connectivity index (χ2v) is 11.6. The Balaban J connectivity index is 2.09. The molecule has 1 unspecified atom stereocenters. The fraction of sp³-hybridized carbons (Fsp3) is 0.654. The Kier molecular flexibility index (Phi) is 7.89. The maximum absolute atomic E-state index is 13.9. The van der Waals surface area contributed by atoms with Crippen LogP contribution in [-0.4, -0.2) is 47.4 Å². The van der Waals surface area contributed by atoms with Crippen LogP contribution in [0.15, 0.2) is 6.07 Å². The molecule has 0 aromatic carbocycles. The van der Waals surface area contributed by atoms with Gasteiger partial charge < -0.3 is 10.0 Å². The first-order valence-electron chi connectivity index (χ1n) is 12.0. The number of anilines is 1. The van der Waals surface area contributed by atoms with Gasteiger partial charge in [0.2, 0.25) is 11.8 Å². The molecule has 1 aliphatic carbocycles. The number of likely N-dealkylation sites (N-methyl/N-ethyl adjacent to an activating group) is 1. The second kappa shape index (κ2) is 10.3. The second-order valence-electron chi connectivity index (χ2n) is 10.6. The number of carboxylic acids is 1. The minimum atomic E-state index is -1.09. The fourth-order valence-electron chi connectivity index (χ4n) is 4.58. The Hall–Kier alpha value is -2.33. The molecule has 2 fully saturated rings. The van der Waals surface area contributed by atoms with E-state index in [1.54, 1.807) is 18.0 Å². The van der Waals surface area contributed by atoms with Crippen LogP contribution in [0.5, 0.6) is 0 Å². The lowest BCUT2D eigenvalue weighted by atomic mass is 9.82. The number of aromatic carboxylic acids is 1. The summed E-state index contributed by atoms with van der Waals surface area (Å²) in [5, 5.41) is 9.98. The van der Waals surface area contributed by atoms with Crippen molar-refractivity contribution in [3.05, 3.63) is 15.8 Å². The number of carboxylic acid groups (broad SMARTS) is 1.